The molecule has 29 heavy (non-hydrogen) atoms. The van der Waals surface area contributed by atoms with E-state index in [4.69, 9.17) is 20.9 Å². The standard InChI is InChI=1S/C20H22ClN5O3/c1-11-7-15(16(28-3)8-14(11)21)24-19(27)13-5-4-6-26(9-13)18-17-12(2)25-29-20(17)23-10-22-18/h7-8,10,13H,4-6,9H2,1-3H3,(H,24,27)/t13-/m1/s1. The van der Waals surface area contributed by atoms with E-state index in [2.05, 4.69) is 25.3 Å². The van der Waals surface area contributed by atoms with Crippen LogP contribution in [0.4, 0.5) is 11.5 Å². The van der Waals surface area contributed by atoms with Crippen LogP contribution >= 0.6 is 11.6 Å². The van der Waals surface area contributed by atoms with Crippen LogP contribution in [0.2, 0.25) is 5.02 Å². The number of halogens is 1. The summed E-state index contributed by atoms with van der Waals surface area (Å²) >= 11 is 6.16. The molecule has 0 saturated carbocycles. The number of benzene rings is 1. The number of nitrogens with one attached hydrogen (secondary N) is 1. The Morgan fingerprint density at radius 2 is 2.17 bits per heavy atom. The molecule has 1 atom stereocenters. The number of aromatic nitrogens is 3. The minimum atomic E-state index is -0.186. The summed E-state index contributed by atoms with van der Waals surface area (Å²) in [5.74, 6) is 1.06. The summed E-state index contributed by atoms with van der Waals surface area (Å²) in [6.07, 6.45) is 3.14. The van der Waals surface area contributed by atoms with E-state index in [0.29, 0.717) is 28.7 Å². The molecule has 1 amide bonds. The summed E-state index contributed by atoms with van der Waals surface area (Å²) < 4.78 is 10.6. The maximum Gasteiger partial charge on any atom is 0.263 e. The number of fused-ring (bicyclic) bond motifs is 1. The van der Waals surface area contributed by atoms with Crippen LogP contribution in [0.1, 0.15) is 24.1 Å². The van der Waals surface area contributed by atoms with Gasteiger partial charge in [0.05, 0.1) is 24.4 Å². The average Bonchev–Trinajstić information content (AvgIpc) is 3.11. The molecule has 0 spiro atoms. The Bertz CT molecular complexity index is 1070. The van der Waals surface area contributed by atoms with E-state index in [-0.39, 0.29) is 11.8 Å². The molecule has 1 aromatic carbocycles. The van der Waals surface area contributed by atoms with E-state index in [1.807, 2.05) is 19.9 Å². The minimum Gasteiger partial charge on any atom is -0.495 e. The number of rotatable bonds is 4. The van der Waals surface area contributed by atoms with Crippen LogP contribution in [0.25, 0.3) is 11.1 Å². The summed E-state index contributed by atoms with van der Waals surface area (Å²) in [4.78, 5) is 23.7. The lowest BCUT2D eigenvalue weighted by molar-refractivity contribution is -0.120. The van der Waals surface area contributed by atoms with Gasteiger partial charge in [-0.1, -0.05) is 16.8 Å². The maximum atomic E-state index is 13.0. The van der Waals surface area contributed by atoms with Crippen LogP contribution < -0.4 is 15.0 Å². The zero-order chi connectivity index (χ0) is 20.5. The van der Waals surface area contributed by atoms with Gasteiger partial charge in [0.25, 0.3) is 5.71 Å². The molecule has 0 radical (unpaired) electrons. The first kappa shape index (κ1) is 19.4. The van der Waals surface area contributed by atoms with Gasteiger partial charge < -0.3 is 19.5 Å². The summed E-state index contributed by atoms with van der Waals surface area (Å²) in [6.45, 7) is 5.12. The first-order chi connectivity index (χ1) is 14.0. The van der Waals surface area contributed by atoms with Crippen molar-refractivity contribution in [2.75, 3.05) is 30.4 Å². The first-order valence-electron chi connectivity index (χ1n) is 9.45. The number of carbonyl (C=O) groups is 1. The topological polar surface area (TPSA) is 93.4 Å². The number of hydrogen-bond donors (Lipinski definition) is 1. The Morgan fingerprint density at radius 3 is 2.97 bits per heavy atom. The Labute approximate surface area is 173 Å². The van der Waals surface area contributed by atoms with Crippen molar-refractivity contribution < 1.29 is 14.1 Å². The number of hydrogen-bond acceptors (Lipinski definition) is 7. The van der Waals surface area contributed by atoms with Gasteiger partial charge in [0.1, 0.15) is 23.3 Å². The zero-order valence-corrected chi connectivity index (χ0v) is 17.3. The molecular weight excluding hydrogens is 394 g/mol. The second-order valence-corrected chi connectivity index (χ2v) is 7.63. The van der Waals surface area contributed by atoms with Crippen molar-refractivity contribution in [1.82, 2.24) is 15.1 Å². The largest absolute Gasteiger partial charge is 0.495 e. The molecule has 1 saturated heterocycles. The molecule has 9 heteroatoms. The lowest BCUT2D eigenvalue weighted by Gasteiger charge is -2.33. The fraction of sp³-hybridized carbons (Fsp3) is 0.400. The zero-order valence-electron chi connectivity index (χ0n) is 16.5. The van der Waals surface area contributed by atoms with Crippen molar-refractivity contribution in [2.24, 2.45) is 5.92 Å². The highest BCUT2D eigenvalue weighted by Gasteiger charge is 2.29. The third-order valence-electron chi connectivity index (χ3n) is 5.25. The summed E-state index contributed by atoms with van der Waals surface area (Å²) in [5, 5.41) is 8.38. The molecule has 1 aliphatic rings. The number of ether oxygens (including phenoxy) is 1. The first-order valence-corrected chi connectivity index (χ1v) is 9.82. The van der Waals surface area contributed by atoms with Crippen molar-refractivity contribution in [1.29, 1.82) is 0 Å². The minimum absolute atomic E-state index is 0.0536. The molecule has 8 nitrogen and oxygen atoms in total. The quantitative estimate of drug-likeness (QED) is 0.693. The third kappa shape index (κ3) is 3.72. The Hall–Kier alpha value is -2.87. The summed E-state index contributed by atoms with van der Waals surface area (Å²) in [5.41, 5.74) is 2.69. The van der Waals surface area contributed by atoms with Gasteiger partial charge in [-0.15, -0.1) is 0 Å². The predicted molar refractivity (Wildman–Crippen MR) is 111 cm³/mol. The van der Waals surface area contributed by atoms with Crippen LogP contribution in [-0.4, -0.2) is 41.2 Å². The van der Waals surface area contributed by atoms with Crippen molar-refractivity contribution >= 4 is 40.1 Å². The summed E-state index contributed by atoms with van der Waals surface area (Å²) in [6, 6.07) is 3.54. The second kappa shape index (κ2) is 7.87. The van der Waals surface area contributed by atoms with Gasteiger partial charge in [0.15, 0.2) is 0 Å². The third-order valence-corrected chi connectivity index (χ3v) is 5.66. The van der Waals surface area contributed by atoms with E-state index < -0.39 is 0 Å². The van der Waals surface area contributed by atoms with Gasteiger partial charge in [0.2, 0.25) is 5.91 Å². The van der Waals surface area contributed by atoms with Crippen LogP contribution in [0, 0.1) is 19.8 Å². The molecule has 3 heterocycles. The fourth-order valence-electron chi connectivity index (χ4n) is 3.69. The van der Waals surface area contributed by atoms with Crippen LogP contribution in [0.3, 0.4) is 0 Å². The molecule has 3 aromatic rings. The highest BCUT2D eigenvalue weighted by molar-refractivity contribution is 6.31. The Morgan fingerprint density at radius 1 is 1.34 bits per heavy atom. The van der Waals surface area contributed by atoms with Crippen molar-refractivity contribution in [3.05, 3.63) is 34.7 Å². The van der Waals surface area contributed by atoms with Gasteiger partial charge in [-0.05, 0) is 38.3 Å². The van der Waals surface area contributed by atoms with E-state index >= 15 is 0 Å². The molecule has 4 rings (SSSR count). The van der Waals surface area contributed by atoms with Crippen molar-refractivity contribution in [3.63, 3.8) is 0 Å². The number of anilines is 2. The lowest BCUT2D eigenvalue weighted by atomic mass is 9.96. The molecule has 2 aromatic heterocycles. The van der Waals surface area contributed by atoms with E-state index in [1.165, 1.54) is 6.33 Å². The molecule has 0 aliphatic carbocycles. The number of piperidine rings is 1. The molecular formula is C20H22ClN5O3. The highest BCUT2D eigenvalue weighted by Crippen LogP contribution is 2.33. The van der Waals surface area contributed by atoms with Crippen LogP contribution in [-0.2, 0) is 4.79 Å². The van der Waals surface area contributed by atoms with Gasteiger partial charge in [-0.3, -0.25) is 4.79 Å². The van der Waals surface area contributed by atoms with E-state index in [0.717, 1.165) is 41.8 Å². The molecule has 1 N–H and O–H groups in total. The smallest absolute Gasteiger partial charge is 0.263 e. The van der Waals surface area contributed by atoms with Crippen LogP contribution in [0.5, 0.6) is 5.75 Å². The number of carbonyl (C=O) groups excluding carboxylic acids is 1. The number of methoxy groups -OCH3 is 1. The Balaban J connectivity index is 1.55. The van der Waals surface area contributed by atoms with E-state index in [9.17, 15) is 4.79 Å². The van der Waals surface area contributed by atoms with E-state index in [1.54, 1.807) is 13.2 Å². The molecule has 0 unspecified atom stereocenters. The highest BCUT2D eigenvalue weighted by atomic mass is 35.5. The van der Waals surface area contributed by atoms with Crippen molar-refractivity contribution in [2.45, 2.75) is 26.7 Å². The number of amides is 1. The van der Waals surface area contributed by atoms with Gasteiger partial charge in [0, 0.05) is 24.2 Å². The average molecular weight is 416 g/mol. The second-order valence-electron chi connectivity index (χ2n) is 7.22. The normalized spacial score (nSPS) is 16.8. The van der Waals surface area contributed by atoms with Gasteiger partial charge in [-0.2, -0.15) is 4.98 Å². The monoisotopic (exact) mass is 415 g/mol. The molecule has 1 aliphatic heterocycles. The lowest BCUT2D eigenvalue weighted by Crippen LogP contribution is -2.41. The predicted octanol–water partition coefficient (Wildman–Crippen LogP) is 3.75. The number of nitrogens with zero attached hydrogens (tertiary/aromatic N) is 4. The number of aryl methyl sites for hydroxylation is 2. The van der Waals surface area contributed by atoms with Crippen molar-refractivity contribution in [3.8, 4) is 5.75 Å². The van der Waals surface area contributed by atoms with Gasteiger partial charge >= 0.3 is 0 Å². The SMILES string of the molecule is COc1cc(Cl)c(C)cc1NC(=O)[C@@H]1CCCN(c2ncnc3onc(C)c23)C1. The Kier molecular flexibility index (Phi) is 5.27. The maximum absolute atomic E-state index is 13.0. The summed E-state index contributed by atoms with van der Waals surface area (Å²) in [7, 11) is 1.56. The molecule has 1 fully saturated rings. The molecule has 0 bridgehead atoms. The fourth-order valence-corrected chi connectivity index (χ4v) is 3.85. The van der Waals surface area contributed by atoms with Gasteiger partial charge in [-0.25, -0.2) is 4.98 Å². The van der Waals surface area contributed by atoms with Crippen LogP contribution in [0.15, 0.2) is 23.0 Å². The molecule has 152 valence electrons.